The summed E-state index contributed by atoms with van der Waals surface area (Å²) in [5, 5.41) is 28.8. The average molecular weight is 383 g/mol. The van der Waals surface area contributed by atoms with Crippen LogP contribution >= 0.6 is 0 Å². The van der Waals surface area contributed by atoms with Crippen molar-refractivity contribution in [2.24, 2.45) is 0 Å². The molecular weight excluding hydrogens is 366 g/mol. The average Bonchev–Trinajstić information content (AvgIpc) is 3.25. The molecule has 4 atom stereocenters. The second kappa shape index (κ2) is 7.43. The van der Waals surface area contributed by atoms with Gasteiger partial charge in [0.2, 0.25) is 11.7 Å². The molecule has 0 amide bonds. The number of nitrogens with zero attached hydrogens (tertiary/aromatic N) is 7. The van der Waals surface area contributed by atoms with E-state index in [1.807, 2.05) is 6.07 Å². The smallest absolute Gasteiger partial charge is 0.245 e. The Kier molecular flexibility index (Phi) is 4.82. The van der Waals surface area contributed by atoms with E-state index >= 15 is 0 Å². The number of aliphatic hydroxyl groups is 2. The third kappa shape index (κ3) is 3.24. The monoisotopic (exact) mass is 383 g/mol. The zero-order valence-electron chi connectivity index (χ0n) is 14.9. The molecule has 0 bridgehead atoms. The molecule has 1 fully saturated rings. The normalized spacial score (nSPS) is 24.4. The highest BCUT2D eigenvalue weighted by Crippen LogP contribution is 2.32. The third-order valence-electron chi connectivity index (χ3n) is 4.51. The van der Waals surface area contributed by atoms with E-state index < -0.39 is 24.5 Å². The molecule has 3 aromatic rings. The van der Waals surface area contributed by atoms with Gasteiger partial charge in [0.05, 0.1) is 19.0 Å². The Morgan fingerprint density at radius 2 is 1.96 bits per heavy atom. The molecule has 0 aromatic carbocycles. The van der Waals surface area contributed by atoms with Gasteiger partial charge in [0.25, 0.3) is 0 Å². The predicted molar refractivity (Wildman–Crippen MR) is 92.9 cm³/mol. The van der Waals surface area contributed by atoms with Gasteiger partial charge < -0.3 is 19.7 Å². The van der Waals surface area contributed by atoms with E-state index in [9.17, 15) is 10.2 Å². The number of imidazole rings is 1. The molecule has 1 aliphatic rings. The van der Waals surface area contributed by atoms with Crippen LogP contribution in [0.5, 0.6) is 5.88 Å². The minimum absolute atomic E-state index is 0.114. The van der Waals surface area contributed by atoms with Crippen LogP contribution in [0.1, 0.15) is 24.5 Å². The Bertz CT molecular complexity index is 1020. The Labute approximate surface area is 159 Å². The molecule has 0 saturated carbocycles. The molecular formula is C17H17N7O4. The maximum Gasteiger partial charge on any atom is 0.245 e. The molecule has 0 spiro atoms. The van der Waals surface area contributed by atoms with Gasteiger partial charge in [-0.15, -0.1) is 0 Å². The number of nitriles is 1. The van der Waals surface area contributed by atoms with Crippen molar-refractivity contribution in [3.8, 4) is 11.9 Å². The standard InChI is InChI=1S/C17H17N7O4/c1-9-13(25)14(26)17(28-9)24-8-23-12-15(24)21-7-22-16(12)27-3-2-10-5-19-11(4-18)20-6-10/h5-9,13-14,17,25-26H,2-3H2,1H3/t9-,13-,14-,17-/m1/s1. The molecule has 1 saturated heterocycles. The number of ether oxygens (including phenoxy) is 2. The van der Waals surface area contributed by atoms with E-state index in [4.69, 9.17) is 14.7 Å². The van der Waals surface area contributed by atoms with Crippen molar-refractivity contribution < 1.29 is 19.7 Å². The van der Waals surface area contributed by atoms with E-state index in [0.29, 0.717) is 30.1 Å². The van der Waals surface area contributed by atoms with Crippen LogP contribution in [0.15, 0.2) is 25.0 Å². The largest absolute Gasteiger partial charge is 0.476 e. The van der Waals surface area contributed by atoms with Gasteiger partial charge in [0.15, 0.2) is 17.4 Å². The number of fused-ring (bicyclic) bond motifs is 1. The van der Waals surface area contributed by atoms with Crippen molar-refractivity contribution in [1.82, 2.24) is 29.5 Å². The van der Waals surface area contributed by atoms with Crippen LogP contribution in [0, 0.1) is 11.3 Å². The highest BCUT2D eigenvalue weighted by molar-refractivity contribution is 5.76. The molecule has 0 unspecified atom stereocenters. The molecule has 4 heterocycles. The number of hydrogen-bond acceptors (Lipinski definition) is 10. The zero-order valence-corrected chi connectivity index (χ0v) is 14.9. The fourth-order valence-electron chi connectivity index (χ4n) is 2.99. The molecule has 0 aliphatic carbocycles. The second-order valence-corrected chi connectivity index (χ2v) is 6.34. The summed E-state index contributed by atoms with van der Waals surface area (Å²) >= 11 is 0. The Hall–Kier alpha value is -3.20. The van der Waals surface area contributed by atoms with Gasteiger partial charge in [-0.2, -0.15) is 10.2 Å². The van der Waals surface area contributed by atoms with Crippen molar-refractivity contribution in [1.29, 1.82) is 5.26 Å². The van der Waals surface area contributed by atoms with Crippen LogP contribution in [0.3, 0.4) is 0 Å². The van der Waals surface area contributed by atoms with Gasteiger partial charge in [0.1, 0.15) is 24.6 Å². The summed E-state index contributed by atoms with van der Waals surface area (Å²) in [4.78, 5) is 20.4. The van der Waals surface area contributed by atoms with Crippen LogP contribution < -0.4 is 4.74 Å². The predicted octanol–water partition coefficient (Wildman–Crippen LogP) is -0.251. The summed E-state index contributed by atoms with van der Waals surface area (Å²) < 4.78 is 12.9. The van der Waals surface area contributed by atoms with Crippen molar-refractivity contribution in [2.75, 3.05) is 6.61 Å². The first-order chi connectivity index (χ1) is 13.6. The molecule has 11 heteroatoms. The van der Waals surface area contributed by atoms with Gasteiger partial charge in [0, 0.05) is 18.8 Å². The number of hydrogen-bond donors (Lipinski definition) is 2. The lowest BCUT2D eigenvalue weighted by Gasteiger charge is -2.16. The van der Waals surface area contributed by atoms with Crippen LogP contribution in [-0.4, -0.2) is 64.6 Å². The lowest BCUT2D eigenvalue weighted by molar-refractivity contribution is -0.0299. The quantitative estimate of drug-likeness (QED) is 0.603. The van der Waals surface area contributed by atoms with Crippen molar-refractivity contribution in [3.05, 3.63) is 36.4 Å². The van der Waals surface area contributed by atoms with Crippen LogP contribution in [0.2, 0.25) is 0 Å². The van der Waals surface area contributed by atoms with E-state index in [0.717, 1.165) is 5.56 Å². The van der Waals surface area contributed by atoms with Gasteiger partial charge in [-0.1, -0.05) is 0 Å². The van der Waals surface area contributed by atoms with E-state index in [-0.39, 0.29) is 5.82 Å². The highest BCUT2D eigenvalue weighted by atomic mass is 16.6. The van der Waals surface area contributed by atoms with Gasteiger partial charge in [-0.3, -0.25) is 4.57 Å². The molecule has 144 valence electrons. The second-order valence-electron chi connectivity index (χ2n) is 6.34. The van der Waals surface area contributed by atoms with E-state index in [1.165, 1.54) is 12.7 Å². The maximum atomic E-state index is 10.2. The Balaban J connectivity index is 1.49. The lowest BCUT2D eigenvalue weighted by atomic mass is 10.1. The number of rotatable bonds is 5. The van der Waals surface area contributed by atoms with Crippen LogP contribution in [0.25, 0.3) is 11.2 Å². The molecule has 0 radical (unpaired) electrons. The minimum Gasteiger partial charge on any atom is -0.476 e. The first-order valence-corrected chi connectivity index (χ1v) is 8.61. The summed E-state index contributed by atoms with van der Waals surface area (Å²) in [6.07, 6.45) is 3.08. The first-order valence-electron chi connectivity index (χ1n) is 8.61. The van der Waals surface area contributed by atoms with E-state index in [2.05, 4.69) is 24.9 Å². The first kappa shape index (κ1) is 18.2. The molecule has 1 aliphatic heterocycles. The molecule has 11 nitrogen and oxygen atoms in total. The summed E-state index contributed by atoms with van der Waals surface area (Å²) in [7, 11) is 0. The van der Waals surface area contributed by atoms with Gasteiger partial charge in [-0.25, -0.2) is 19.9 Å². The topological polar surface area (TPSA) is 152 Å². The third-order valence-corrected chi connectivity index (χ3v) is 4.51. The Morgan fingerprint density at radius 3 is 2.64 bits per heavy atom. The summed E-state index contributed by atoms with van der Waals surface area (Å²) in [6.45, 7) is 1.98. The number of aliphatic hydroxyl groups excluding tert-OH is 2. The van der Waals surface area contributed by atoms with Crippen LogP contribution in [0.4, 0.5) is 0 Å². The summed E-state index contributed by atoms with van der Waals surface area (Å²) in [6, 6.07) is 1.87. The molecule has 2 N–H and O–H groups in total. The van der Waals surface area contributed by atoms with Crippen LogP contribution in [-0.2, 0) is 11.2 Å². The lowest BCUT2D eigenvalue weighted by Crippen LogP contribution is -2.30. The van der Waals surface area contributed by atoms with Crippen molar-refractivity contribution in [3.63, 3.8) is 0 Å². The summed E-state index contributed by atoms with van der Waals surface area (Å²) in [5.74, 6) is 0.405. The molecule has 28 heavy (non-hydrogen) atoms. The molecule has 4 rings (SSSR count). The SMILES string of the molecule is C[C@H]1O[C@@H](n2cnc3c(OCCc4cnc(C#N)nc4)ncnc32)[C@H](O)[C@@H]1O. The van der Waals surface area contributed by atoms with Crippen molar-refractivity contribution in [2.45, 2.75) is 37.9 Å². The van der Waals surface area contributed by atoms with Crippen molar-refractivity contribution >= 4 is 11.2 Å². The zero-order chi connectivity index (χ0) is 19.7. The maximum absolute atomic E-state index is 10.2. The van der Waals surface area contributed by atoms with E-state index in [1.54, 1.807) is 23.9 Å². The highest BCUT2D eigenvalue weighted by Gasteiger charge is 2.42. The van der Waals surface area contributed by atoms with Gasteiger partial charge >= 0.3 is 0 Å². The number of aromatic nitrogens is 6. The fraction of sp³-hybridized carbons (Fsp3) is 0.412. The van der Waals surface area contributed by atoms with Gasteiger partial charge in [-0.05, 0) is 12.5 Å². The Morgan fingerprint density at radius 1 is 1.18 bits per heavy atom. The fourth-order valence-corrected chi connectivity index (χ4v) is 2.99. The summed E-state index contributed by atoms with van der Waals surface area (Å²) in [5.41, 5.74) is 1.67. The molecule has 3 aromatic heterocycles. The minimum atomic E-state index is -1.09.